The predicted octanol–water partition coefficient (Wildman–Crippen LogP) is 9.74. The van der Waals surface area contributed by atoms with Gasteiger partial charge in [0.15, 0.2) is 0 Å². The van der Waals surface area contributed by atoms with E-state index in [4.69, 9.17) is 0 Å². The van der Waals surface area contributed by atoms with Gasteiger partial charge in [0, 0.05) is 17.8 Å². The van der Waals surface area contributed by atoms with Crippen molar-refractivity contribution in [3.63, 3.8) is 0 Å². The van der Waals surface area contributed by atoms with Gasteiger partial charge in [0.05, 0.1) is 23.6 Å². The van der Waals surface area contributed by atoms with Gasteiger partial charge in [-0.05, 0) is 99.2 Å². The van der Waals surface area contributed by atoms with Gasteiger partial charge in [-0.15, -0.1) is 0 Å². The van der Waals surface area contributed by atoms with Crippen molar-refractivity contribution in [2.45, 2.75) is 50.6 Å². The molecule has 4 atom stereocenters. The van der Waals surface area contributed by atoms with Crippen LogP contribution in [0.3, 0.4) is 0 Å². The minimum absolute atomic E-state index is 0.0815. The van der Waals surface area contributed by atoms with Crippen LogP contribution in [0, 0.1) is 34.5 Å². The van der Waals surface area contributed by atoms with Crippen molar-refractivity contribution in [2.75, 3.05) is 0 Å². The number of allylic oxidation sites excluding steroid dienone is 5. The second-order valence-electron chi connectivity index (χ2n) is 11.4. The van der Waals surface area contributed by atoms with Gasteiger partial charge in [0.1, 0.15) is 0 Å². The molecule has 0 spiro atoms. The molecule has 0 N–H and O–H groups in total. The minimum atomic E-state index is -4.38. The Labute approximate surface area is 238 Å². The Kier molecular flexibility index (Phi) is 6.50. The molecule has 0 fully saturated rings. The maximum atomic E-state index is 13.1. The quantitative estimate of drug-likeness (QED) is 0.234. The largest absolute Gasteiger partial charge is 0.416 e. The molecule has 0 heterocycles. The first-order chi connectivity index (χ1) is 19.7. The number of benzene rings is 3. The van der Waals surface area contributed by atoms with E-state index in [1.807, 2.05) is 6.07 Å². The molecular weight excluding hydrogens is 517 g/mol. The van der Waals surface area contributed by atoms with E-state index < -0.39 is 11.7 Å². The van der Waals surface area contributed by atoms with E-state index in [0.29, 0.717) is 18.4 Å². The molecule has 0 amide bonds. The van der Waals surface area contributed by atoms with Crippen molar-refractivity contribution in [1.82, 2.24) is 0 Å². The monoisotopic (exact) mass is 546 g/mol. The van der Waals surface area contributed by atoms with Crippen LogP contribution in [0.5, 0.6) is 0 Å². The summed E-state index contributed by atoms with van der Waals surface area (Å²) in [5, 5.41) is 19.3. The molecule has 4 unspecified atom stereocenters. The highest BCUT2D eigenvalue weighted by atomic mass is 19.4. The SMILES string of the molecule is CCC(C#N)C1c2cc3c(cc2C2(C)C=CC=CC12)/C(=C/CCC#N)c1cc(-c2ccc(C(F)(F)F)cc2)ccc1-3. The van der Waals surface area contributed by atoms with Gasteiger partial charge in [0.2, 0.25) is 0 Å². The lowest BCUT2D eigenvalue weighted by atomic mass is 9.69. The topological polar surface area (TPSA) is 47.6 Å². The number of unbranched alkanes of at least 4 members (excludes halogenated alkanes) is 1. The zero-order chi connectivity index (χ0) is 28.9. The first-order valence-electron chi connectivity index (χ1n) is 14.0. The Balaban J connectivity index is 1.52. The number of hydrogen-bond donors (Lipinski definition) is 0. The molecule has 2 nitrogen and oxygen atoms in total. The summed E-state index contributed by atoms with van der Waals surface area (Å²) < 4.78 is 39.4. The molecule has 3 aromatic rings. The van der Waals surface area contributed by atoms with Crippen molar-refractivity contribution in [3.8, 4) is 34.4 Å². The summed E-state index contributed by atoms with van der Waals surface area (Å²) in [5.74, 6) is 0.170. The molecule has 5 heteroatoms. The third-order valence-corrected chi connectivity index (χ3v) is 9.16. The normalized spacial score (nSPS) is 23.3. The lowest BCUT2D eigenvalue weighted by Crippen LogP contribution is -2.29. The molecule has 41 heavy (non-hydrogen) atoms. The lowest BCUT2D eigenvalue weighted by molar-refractivity contribution is -0.137. The molecule has 3 aliphatic carbocycles. The summed E-state index contributed by atoms with van der Waals surface area (Å²) >= 11 is 0. The van der Waals surface area contributed by atoms with E-state index in [-0.39, 0.29) is 23.2 Å². The molecule has 0 aromatic heterocycles. The van der Waals surface area contributed by atoms with Crippen LogP contribution >= 0.6 is 0 Å². The lowest BCUT2D eigenvalue weighted by Gasteiger charge is -2.33. The number of alkyl halides is 3. The van der Waals surface area contributed by atoms with Gasteiger partial charge in [-0.25, -0.2) is 0 Å². The van der Waals surface area contributed by atoms with Crippen LogP contribution in [-0.4, -0.2) is 0 Å². The van der Waals surface area contributed by atoms with E-state index in [0.717, 1.165) is 51.9 Å². The maximum absolute atomic E-state index is 13.1. The molecule has 3 aliphatic rings. The number of fused-ring (bicyclic) bond motifs is 6. The summed E-state index contributed by atoms with van der Waals surface area (Å²) in [6.45, 7) is 4.34. The minimum Gasteiger partial charge on any atom is -0.198 e. The van der Waals surface area contributed by atoms with E-state index in [1.165, 1.54) is 23.3 Å². The standard InChI is InChI=1S/C36H29F3N2/c1-3-22(21-41)34-31-19-29-27-15-12-24(23-10-13-25(14-11-23)36(37,38)39)18-28(27)26(8-5-7-17-40)30(29)20-33(31)35(2)16-6-4-9-32(34)35/h4,6,8-16,18-20,22,32,34H,3,5,7H2,1-2H3/b26-8+. The third-order valence-electron chi connectivity index (χ3n) is 9.16. The van der Waals surface area contributed by atoms with E-state index in [1.54, 1.807) is 0 Å². The van der Waals surface area contributed by atoms with Gasteiger partial charge in [-0.3, -0.25) is 0 Å². The average Bonchev–Trinajstić information content (AvgIpc) is 3.41. The van der Waals surface area contributed by atoms with Crippen molar-refractivity contribution in [3.05, 3.63) is 113 Å². The highest BCUT2D eigenvalue weighted by molar-refractivity contribution is 6.03. The Morgan fingerprint density at radius 2 is 1.66 bits per heavy atom. The highest BCUT2D eigenvalue weighted by Gasteiger charge is 2.50. The van der Waals surface area contributed by atoms with Crippen molar-refractivity contribution >= 4 is 5.57 Å². The summed E-state index contributed by atoms with van der Waals surface area (Å²) in [6.07, 6.45) is 8.20. The van der Waals surface area contributed by atoms with Gasteiger partial charge in [0.25, 0.3) is 0 Å². The zero-order valence-corrected chi connectivity index (χ0v) is 23.0. The summed E-state index contributed by atoms with van der Waals surface area (Å²) in [4.78, 5) is 0. The molecule has 0 bridgehead atoms. The molecule has 0 saturated heterocycles. The molecular formula is C36H29F3N2. The number of halogens is 3. The van der Waals surface area contributed by atoms with Crippen molar-refractivity contribution in [1.29, 1.82) is 10.5 Å². The maximum Gasteiger partial charge on any atom is 0.416 e. The second kappa shape index (κ2) is 9.93. The molecule has 0 radical (unpaired) electrons. The van der Waals surface area contributed by atoms with E-state index in [9.17, 15) is 23.7 Å². The highest BCUT2D eigenvalue weighted by Crippen LogP contribution is 2.59. The van der Waals surface area contributed by atoms with E-state index in [2.05, 4.69) is 80.6 Å². The molecule has 6 rings (SSSR count). The van der Waals surface area contributed by atoms with Gasteiger partial charge < -0.3 is 0 Å². The van der Waals surface area contributed by atoms with Crippen LogP contribution in [0.25, 0.3) is 27.8 Å². The van der Waals surface area contributed by atoms with E-state index >= 15 is 0 Å². The fraction of sp³-hybridized carbons (Fsp3) is 0.278. The predicted molar refractivity (Wildman–Crippen MR) is 155 cm³/mol. The van der Waals surface area contributed by atoms with Crippen LogP contribution < -0.4 is 0 Å². The number of nitriles is 2. The smallest absolute Gasteiger partial charge is 0.198 e. The van der Waals surface area contributed by atoms with Crippen LogP contribution in [-0.2, 0) is 11.6 Å². The molecule has 204 valence electrons. The fourth-order valence-electron chi connectivity index (χ4n) is 7.08. The zero-order valence-electron chi connectivity index (χ0n) is 23.0. The van der Waals surface area contributed by atoms with Crippen LogP contribution in [0.15, 0.2) is 85.0 Å². The first kappa shape index (κ1) is 26.9. The molecule has 3 aromatic carbocycles. The third kappa shape index (κ3) is 4.23. The molecule has 0 saturated carbocycles. The van der Waals surface area contributed by atoms with Crippen molar-refractivity contribution in [2.24, 2.45) is 11.8 Å². The van der Waals surface area contributed by atoms with Crippen LogP contribution in [0.4, 0.5) is 13.2 Å². The first-order valence-corrected chi connectivity index (χ1v) is 14.0. The van der Waals surface area contributed by atoms with Crippen LogP contribution in [0.1, 0.15) is 66.8 Å². The number of rotatable bonds is 5. The van der Waals surface area contributed by atoms with Crippen molar-refractivity contribution < 1.29 is 13.2 Å². The summed E-state index contributed by atoms with van der Waals surface area (Å²) in [5.41, 5.74) is 8.45. The fourth-order valence-corrected chi connectivity index (χ4v) is 7.08. The Morgan fingerprint density at radius 1 is 0.927 bits per heavy atom. The Morgan fingerprint density at radius 3 is 2.34 bits per heavy atom. The van der Waals surface area contributed by atoms with Gasteiger partial charge in [-0.2, -0.15) is 23.7 Å². The second-order valence-corrected chi connectivity index (χ2v) is 11.4. The Bertz CT molecular complexity index is 1710. The van der Waals surface area contributed by atoms with Gasteiger partial charge in [-0.1, -0.05) is 68.5 Å². The average molecular weight is 547 g/mol. The van der Waals surface area contributed by atoms with Crippen LogP contribution in [0.2, 0.25) is 0 Å². The van der Waals surface area contributed by atoms with Gasteiger partial charge >= 0.3 is 6.18 Å². The summed E-state index contributed by atoms with van der Waals surface area (Å²) in [7, 11) is 0. The Hall–Kier alpha value is -4.35. The number of nitrogens with zero attached hydrogens (tertiary/aromatic N) is 2. The molecule has 0 aliphatic heterocycles. The number of hydrogen-bond acceptors (Lipinski definition) is 2. The summed E-state index contributed by atoms with van der Waals surface area (Å²) in [6, 6.07) is 20.7.